The van der Waals surface area contributed by atoms with Crippen LogP contribution >= 0.6 is 0 Å². The van der Waals surface area contributed by atoms with Crippen molar-refractivity contribution in [1.29, 1.82) is 0 Å². The normalized spacial score (nSPS) is 11.0. The highest BCUT2D eigenvalue weighted by Crippen LogP contribution is 2.35. The standard InChI is InChI=1S/C18H25N3O4/c1-12(22)25-18(23)21-16-8-7-13(24-6)11-15(16)14(9-10-19(2)3)17(21)20(4)5/h7-8,11H,9-10H2,1-6H3. The first-order chi connectivity index (χ1) is 11.8. The van der Waals surface area contributed by atoms with Crippen LogP contribution in [0.25, 0.3) is 10.9 Å². The molecule has 7 nitrogen and oxygen atoms in total. The minimum absolute atomic E-state index is 0.639. The molecule has 0 radical (unpaired) electrons. The maximum atomic E-state index is 12.6. The molecule has 0 aliphatic heterocycles. The molecule has 0 saturated carbocycles. The van der Waals surface area contributed by atoms with Crippen molar-refractivity contribution in [2.45, 2.75) is 13.3 Å². The quantitative estimate of drug-likeness (QED) is 0.611. The lowest BCUT2D eigenvalue weighted by Crippen LogP contribution is -2.23. The molecule has 1 aromatic carbocycles. The van der Waals surface area contributed by atoms with Crippen molar-refractivity contribution in [3.8, 4) is 5.75 Å². The Balaban J connectivity index is 2.73. The van der Waals surface area contributed by atoms with Gasteiger partial charge in [-0.05, 0) is 38.7 Å². The number of fused-ring (bicyclic) bond motifs is 1. The van der Waals surface area contributed by atoms with E-state index >= 15 is 0 Å². The molecule has 2 rings (SSSR count). The number of ether oxygens (including phenoxy) is 2. The van der Waals surface area contributed by atoms with Gasteiger partial charge >= 0.3 is 12.1 Å². The topological polar surface area (TPSA) is 64.0 Å². The fourth-order valence-electron chi connectivity index (χ4n) is 2.85. The molecule has 0 aliphatic carbocycles. The zero-order valence-electron chi connectivity index (χ0n) is 15.6. The Labute approximate surface area is 147 Å². The van der Waals surface area contributed by atoms with Crippen LogP contribution in [0.2, 0.25) is 0 Å². The molecule has 0 N–H and O–H groups in total. The third-order valence-electron chi connectivity index (χ3n) is 3.90. The second kappa shape index (κ2) is 7.57. The van der Waals surface area contributed by atoms with Gasteiger partial charge in [-0.3, -0.25) is 4.79 Å². The van der Waals surface area contributed by atoms with Gasteiger partial charge in [0.1, 0.15) is 11.6 Å². The molecule has 0 bridgehead atoms. The summed E-state index contributed by atoms with van der Waals surface area (Å²) in [6.07, 6.45) is 0.0346. The SMILES string of the molecule is COc1ccc2c(c1)c(CCN(C)C)c(N(C)C)n2C(=O)OC(C)=O. The molecular weight excluding hydrogens is 322 g/mol. The van der Waals surface area contributed by atoms with Crippen LogP contribution in [-0.2, 0) is 16.0 Å². The molecule has 0 atom stereocenters. The van der Waals surface area contributed by atoms with E-state index in [4.69, 9.17) is 9.47 Å². The Kier molecular flexibility index (Phi) is 5.69. The van der Waals surface area contributed by atoms with Gasteiger partial charge in [0, 0.05) is 38.5 Å². The molecule has 0 spiro atoms. The molecule has 7 heteroatoms. The molecule has 0 amide bonds. The monoisotopic (exact) mass is 347 g/mol. The number of anilines is 1. The minimum atomic E-state index is -0.706. The first-order valence-electron chi connectivity index (χ1n) is 8.02. The van der Waals surface area contributed by atoms with Crippen molar-refractivity contribution < 1.29 is 19.1 Å². The van der Waals surface area contributed by atoms with Crippen LogP contribution in [-0.4, -0.2) is 63.4 Å². The van der Waals surface area contributed by atoms with Crippen LogP contribution in [0.3, 0.4) is 0 Å². The third kappa shape index (κ3) is 3.93. The van der Waals surface area contributed by atoms with Gasteiger partial charge in [-0.15, -0.1) is 0 Å². The summed E-state index contributed by atoms with van der Waals surface area (Å²) in [6, 6.07) is 5.50. The summed E-state index contributed by atoms with van der Waals surface area (Å²) in [5.74, 6) is 0.775. The van der Waals surface area contributed by atoms with Gasteiger partial charge in [-0.2, -0.15) is 0 Å². The van der Waals surface area contributed by atoms with E-state index in [1.54, 1.807) is 13.2 Å². The van der Waals surface area contributed by atoms with E-state index in [-0.39, 0.29) is 0 Å². The Hall–Kier alpha value is -2.54. The molecule has 0 aliphatic rings. The van der Waals surface area contributed by atoms with Crippen LogP contribution in [0.5, 0.6) is 5.75 Å². The van der Waals surface area contributed by atoms with Gasteiger partial charge in [0.2, 0.25) is 0 Å². The second-order valence-corrected chi connectivity index (χ2v) is 6.33. The van der Waals surface area contributed by atoms with Crippen molar-refractivity contribution >= 4 is 28.8 Å². The number of esters is 1. The zero-order chi connectivity index (χ0) is 18.7. The minimum Gasteiger partial charge on any atom is -0.497 e. The Bertz CT molecular complexity index is 793. The number of likely N-dealkylation sites (N-methyl/N-ethyl adjacent to an activating group) is 1. The van der Waals surface area contributed by atoms with Crippen molar-refractivity contribution in [3.05, 3.63) is 23.8 Å². The van der Waals surface area contributed by atoms with E-state index in [0.717, 1.165) is 23.9 Å². The summed E-state index contributed by atoms with van der Waals surface area (Å²) in [6.45, 7) is 2.04. The first-order valence-corrected chi connectivity index (χ1v) is 8.02. The lowest BCUT2D eigenvalue weighted by Gasteiger charge is -2.18. The van der Waals surface area contributed by atoms with Crippen LogP contribution in [0.15, 0.2) is 18.2 Å². The highest BCUT2D eigenvalue weighted by molar-refractivity contribution is 6.00. The van der Waals surface area contributed by atoms with Crippen molar-refractivity contribution in [3.63, 3.8) is 0 Å². The van der Waals surface area contributed by atoms with E-state index in [1.165, 1.54) is 11.5 Å². The van der Waals surface area contributed by atoms with Crippen molar-refractivity contribution in [1.82, 2.24) is 9.47 Å². The lowest BCUT2D eigenvalue weighted by atomic mass is 10.1. The van der Waals surface area contributed by atoms with E-state index in [0.29, 0.717) is 17.1 Å². The Morgan fingerprint density at radius 2 is 1.84 bits per heavy atom. The summed E-state index contributed by atoms with van der Waals surface area (Å²) in [5, 5.41) is 0.908. The summed E-state index contributed by atoms with van der Waals surface area (Å²) in [5.41, 5.74) is 1.69. The van der Waals surface area contributed by atoms with Crippen molar-refractivity contribution in [2.24, 2.45) is 0 Å². The van der Waals surface area contributed by atoms with E-state index in [1.807, 2.05) is 45.2 Å². The number of hydrogen-bond donors (Lipinski definition) is 0. The molecule has 25 heavy (non-hydrogen) atoms. The summed E-state index contributed by atoms with van der Waals surface area (Å²) in [7, 11) is 9.33. The predicted molar refractivity (Wildman–Crippen MR) is 97.6 cm³/mol. The fourth-order valence-corrected chi connectivity index (χ4v) is 2.85. The molecule has 0 saturated heterocycles. The highest BCUT2D eigenvalue weighted by Gasteiger charge is 2.25. The Morgan fingerprint density at radius 1 is 1.16 bits per heavy atom. The fraction of sp³-hybridized carbons (Fsp3) is 0.444. The molecule has 136 valence electrons. The van der Waals surface area contributed by atoms with Gasteiger partial charge in [-0.1, -0.05) is 0 Å². The van der Waals surface area contributed by atoms with E-state index < -0.39 is 12.1 Å². The number of aromatic nitrogens is 1. The molecule has 0 unspecified atom stereocenters. The Morgan fingerprint density at radius 3 is 2.36 bits per heavy atom. The maximum absolute atomic E-state index is 12.6. The number of nitrogens with zero attached hydrogens (tertiary/aromatic N) is 3. The molecule has 1 heterocycles. The van der Waals surface area contributed by atoms with Crippen LogP contribution in [0.4, 0.5) is 10.6 Å². The number of hydrogen-bond acceptors (Lipinski definition) is 6. The molecule has 2 aromatic rings. The largest absolute Gasteiger partial charge is 0.497 e. The summed E-state index contributed by atoms with van der Waals surface area (Å²) < 4.78 is 11.6. The third-order valence-corrected chi connectivity index (χ3v) is 3.90. The van der Waals surface area contributed by atoms with Crippen LogP contribution in [0, 0.1) is 0 Å². The smallest absolute Gasteiger partial charge is 0.427 e. The summed E-state index contributed by atoms with van der Waals surface area (Å²) >= 11 is 0. The maximum Gasteiger partial charge on any atom is 0.427 e. The highest BCUT2D eigenvalue weighted by atomic mass is 16.6. The number of methoxy groups -OCH3 is 1. The zero-order valence-corrected chi connectivity index (χ0v) is 15.6. The van der Waals surface area contributed by atoms with Gasteiger partial charge in [0.05, 0.1) is 12.6 Å². The number of benzene rings is 1. The van der Waals surface area contributed by atoms with Gasteiger partial charge < -0.3 is 19.3 Å². The predicted octanol–water partition coefficient (Wildman–Crippen LogP) is 2.35. The number of rotatable bonds is 5. The number of carbonyl (C=O) groups is 2. The average Bonchev–Trinajstić information content (AvgIpc) is 2.85. The van der Waals surface area contributed by atoms with Gasteiger partial charge in [-0.25, -0.2) is 9.36 Å². The number of carbonyl (C=O) groups excluding carboxylic acids is 2. The van der Waals surface area contributed by atoms with Gasteiger partial charge in [0.25, 0.3) is 0 Å². The van der Waals surface area contributed by atoms with Crippen LogP contribution in [0.1, 0.15) is 12.5 Å². The molecular formula is C18H25N3O4. The van der Waals surface area contributed by atoms with E-state index in [9.17, 15) is 9.59 Å². The molecule has 0 fully saturated rings. The average molecular weight is 347 g/mol. The molecule has 1 aromatic heterocycles. The van der Waals surface area contributed by atoms with Crippen LogP contribution < -0.4 is 9.64 Å². The van der Waals surface area contributed by atoms with Crippen molar-refractivity contribution in [2.75, 3.05) is 46.7 Å². The lowest BCUT2D eigenvalue weighted by molar-refractivity contribution is -0.134. The van der Waals surface area contributed by atoms with E-state index in [2.05, 4.69) is 4.90 Å². The second-order valence-electron chi connectivity index (χ2n) is 6.33. The van der Waals surface area contributed by atoms with Gasteiger partial charge in [0.15, 0.2) is 0 Å². The summed E-state index contributed by atoms with van der Waals surface area (Å²) in [4.78, 5) is 27.8. The first kappa shape index (κ1) is 18.8.